The number of allylic oxidation sites excluding steroid dienone is 1. The van der Waals surface area contributed by atoms with Crippen LogP contribution in [-0.2, 0) is 9.53 Å². The van der Waals surface area contributed by atoms with Gasteiger partial charge in [-0.15, -0.1) is 6.58 Å². The molecule has 2 nitrogen and oxygen atoms in total. The lowest BCUT2D eigenvalue weighted by Crippen LogP contribution is -2.15. The predicted octanol–water partition coefficient (Wildman–Crippen LogP) is 1.25. The van der Waals surface area contributed by atoms with Crippen LogP contribution in [-0.4, -0.2) is 5.97 Å². The topological polar surface area (TPSA) is 26.3 Å². The maximum Gasteiger partial charge on any atom is 0.317 e. The second-order valence-corrected chi connectivity index (χ2v) is 1.89. The van der Waals surface area contributed by atoms with Crippen molar-refractivity contribution in [2.24, 2.45) is 5.92 Å². The molecule has 0 aliphatic carbocycles. The number of rotatable bonds is 1. The largest absolute Gasteiger partial charge is 0.434 e. The zero-order valence-electron chi connectivity index (χ0n) is 5.04. The van der Waals surface area contributed by atoms with Gasteiger partial charge in [0, 0.05) is 0 Å². The van der Waals surface area contributed by atoms with E-state index in [0.717, 1.165) is 6.42 Å². The quantitative estimate of drug-likeness (QED) is 0.388. The Morgan fingerprint density at radius 1 is 1.89 bits per heavy atom. The van der Waals surface area contributed by atoms with E-state index in [1.165, 1.54) is 6.26 Å². The minimum Gasteiger partial charge on any atom is -0.434 e. The summed E-state index contributed by atoms with van der Waals surface area (Å²) in [6, 6.07) is 0. The minimum absolute atomic E-state index is 0.130. The molecule has 48 valence electrons. The van der Waals surface area contributed by atoms with E-state index >= 15 is 0 Å². The molecule has 0 aromatic carbocycles. The maximum atomic E-state index is 10.7. The lowest BCUT2D eigenvalue weighted by Gasteiger charge is -2.10. The van der Waals surface area contributed by atoms with Crippen molar-refractivity contribution in [3.05, 3.63) is 25.0 Å². The van der Waals surface area contributed by atoms with Crippen LogP contribution in [0.3, 0.4) is 0 Å². The van der Waals surface area contributed by atoms with Gasteiger partial charge >= 0.3 is 5.97 Å². The first-order valence-corrected chi connectivity index (χ1v) is 2.82. The molecule has 2 heteroatoms. The lowest BCUT2D eigenvalue weighted by molar-refractivity contribution is -0.141. The second-order valence-electron chi connectivity index (χ2n) is 1.89. The van der Waals surface area contributed by atoms with Gasteiger partial charge in [-0.3, -0.25) is 4.79 Å². The summed E-state index contributed by atoms with van der Waals surface area (Å²) in [4.78, 5) is 10.7. The van der Waals surface area contributed by atoms with Crippen LogP contribution < -0.4 is 0 Å². The second kappa shape index (κ2) is 2.49. The molecule has 1 atom stereocenters. The Morgan fingerprint density at radius 3 is 3.11 bits per heavy atom. The van der Waals surface area contributed by atoms with Gasteiger partial charge in [-0.25, -0.2) is 0 Å². The van der Waals surface area contributed by atoms with E-state index in [1.807, 2.05) is 6.08 Å². The van der Waals surface area contributed by atoms with Gasteiger partial charge in [-0.05, 0) is 12.5 Å². The molecule has 1 aliphatic heterocycles. The first kappa shape index (κ1) is 6.08. The fourth-order valence-corrected chi connectivity index (χ4v) is 0.693. The van der Waals surface area contributed by atoms with Gasteiger partial charge in [-0.2, -0.15) is 0 Å². The molecule has 0 aromatic heterocycles. The van der Waals surface area contributed by atoms with Crippen LogP contribution in [0.2, 0.25) is 0 Å². The lowest BCUT2D eigenvalue weighted by atomic mass is 10.1. The average molecular weight is 124 g/mol. The summed E-state index contributed by atoms with van der Waals surface area (Å²) in [5.74, 6) is -0.331. The van der Waals surface area contributed by atoms with Crippen molar-refractivity contribution in [3.8, 4) is 0 Å². The highest BCUT2D eigenvalue weighted by Crippen LogP contribution is 2.12. The summed E-state index contributed by atoms with van der Waals surface area (Å²) in [6.45, 7) is 3.50. The number of carbonyl (C=O) groups excluding carboxylic acids is 1. The Kier molecular flexibility index (Phi) is 1.68. The fraction of sp³-hybridized carbons (Fsp3) is 0.286. The van der Waals surface area contributed by atoms with Crippen LogP contribution in [0.25, 0.3) is 0 Å². The first-order chi connectivity index (χ1) is 4.34. The van der Waals surface area contributed by atoms with E-state index in [-0.39, 0.29) is 11.9 Å². The first-order valence-electron chi connectivity index (χ1n) is 2.82. The Balaban J connectivity index is 2.63. The van der Waals surface area contributed by atoms with E-state index in [4.69, 9.17) is 0 Å². The molecule has 0 amide bonds. The standard InChI is InChI=1S/C7H8O2/c1-2-6-4-3-5-9-7(6)8/h2-3,5-6H,1,4H2. The number of hydrogen-bond acceptors (Lipinski definition) is 2. The van der Waals surface area contributed by atoms with Crippen LogP contribution in [0, 0.1) is 5.92 Å². The van der Waals surface area contributed by atoms with Crippen molar-refractivity contribution in [1.29, 1.82) is 0 Å². The third-order valence-corrected chi connectivity index (χ3v) is 1.26. The van der Waals surface area contributed by atoms with Gasteiger partial charge in [0.05, 0.1) is 12.2 Å². The zero-order chi connectivity index (χ0) is 6.69. The summed E-state index contributed by atoms with van der Waals surface area (Å²) in [5, 5.41) is 0. The summed E-state index contributed by atoms with van der Waals surface area (Å²) in [6.07, 6.45) is 5.56. The van der Waals surface area contributed by atoms with Crippen molar-refractivity contribution >= 4 is 5.97 Å². The monoisotopic (exact) mass is 124 g/mol. The molecule has 0 bridgehead atoms. The molecule has 0 aromatic rings. The highest BCUT2D eigenvalue weighted by Gasteiger charge is 2.16. The Bertz CT molecular complexity index is 158. The molecule has 1 heterocycles. The van der Waals surface area contributed by atoms with Gasteiger partial charge < -0.3 is 4.74 Å². The van der Waals surface area contributed by atoms with E-state index in [1.54, 1.807) is 6.08 Å². The fourth-order valence-electron chi connectivity index (χ4n) is 0.693. The molecule has 1 aliphatic rings. The van der Waals surface area contributed by atoms with E-state index in [9.17, 15) is 4.79 Å². The molecule has 0 N–H and O–H groups in total. The van der Waals surface area contributed by atoms with Crippen molar-refractivity contribution in [3.63, 3.8) is 0 Å². The van der Waals surface area contributed by atoms with Crippen molar-refractivity contribution in [2.75, 3.05) is 0 Å². The van der Waals surface area contributed by atoms with Gasteiger partial charge in [0.2, 0.25) is 0 Å². The Morgan fingerprint density at radius 2 is 2.67 bits per heavy atom. The number of carbonyl (C=O) groups is 1. The van der Waals surface area contributed by atoms with Gasteiger partial charge in [-0.1, -0.05) is 6.08 Å². The van der Waals surface area contributed by atoms with Crippen molar-refractivity contribution < 1.29 is 9.53 Å². The van der Waals surface area contributed by atoms with Gasteiger partial charge in [0.15, 0.2) is 0 Å². The van der Waals surface area contributed by atoms with Crippen LogP contribution in [0.15, 0.2) is 25.0 Å². The van der Waals surface area contributed by atoms with E-state index < -0.39 is 0 Å². The molecular weight excluding hydrogens is 116 g/mol. The SMILES string of the molecule is C=CC1CC=COC1=O. The highest BCUT2D eigenvalue weighted by atomic mass is 16.5. The third kappa shape index (κ3) is 1.19. The Labute approximate surface area is 53.8 Å². The summed E-state index contributed by atoms with van der Waals surface area (Å²) < 4.78 is 4.59. The zero-order valence-corrected chi connectivity index (χ0v) is 5.04. The Hall–Kier alpha value is -1.05. The highest BCUT2D eigenvalue weighted by molar-refractivity contribution is 5.75. The number of hydrogen-bond donors (Lipinski definition) is 0. The van der Waals surface area contributed by atoms with Crippen LogP contribution in [0.1, 0.15) is 6.42 Å². The molecular formula is C7H8O2. The maximum absolute atomic E-state index is 10.7. The number of esters is 1. The predicted molar refractivity (Wildman–Crippen MR) is 33.5 cm³/mol. The van der Waals surface area contributed by atoms with Crippen molar-refractivity contribution in [1.82, 2.24) is 0 Å². The number of ether oxygens (including phenoxy) is 1. The smallest absolute Gasteiger partial charge is 0.317 e. The molecule has 9 heavy (non-hydrogen) atoms. The molecule has 0 fully saturated rings. The summed E-state index contributed by atoms with van der Waals surface area (Å²) in [7, 11) is 0. The van der Waals surface area contributed by atoms with Gasteiger partial charge in [0.25, 0.3) is 0 Å². The normalized spacial score (nSPS) is 25.3. The van der Waals surface area contributed by atoms with Crippen molar-refractivity contribution in [2.45, 2.75) is 6.42 Å². The molecule has 1 unspecified atom stereocenters. The summed E-state index contributed by atoms with van der Waals surface area (Å²) in [5.41, 5.74) is 0. The van der Waals surface area contributed by atoms with Crippen LogP contribution in [0.4, 0.5) is 0 Å². The minimum atomic E-state index is -0.201. The number of cyclic esters (lactones) is 1. The molecule has 1 rings (SSSR count). The van der Waals surface area contributed by atoms with E-state index in [2.05, 4.69) is 11.3 Å². The molecule has 0 spiro atoms. The third-order valence-electron chi connectivity index (χ3n) is 1.26. The molecule has 0 saturated heterocycles. The average Bonchev–Trinajstić information content (AvgIpc) is 1.89. The molecule has 0 radical (unpaired) electrons. The van der Waals surface area contributed by atoms with Crippen LogP contribution in [0.5, 0.6) is 0 Å². The summed E-state index contributed by atoms with van der Waals surface area (Å²) >= 11 is 0. The molecule has 0 saturated carbocycles. The van der Waals surface area contributed by atoms with E-state index in [0.29, 0.717) is 0 Å². The van der Waals surface area contributed by atoms with Gasteiger partial charge in [0.1, 0.15) is 0 Å². The van der Waals surface area contributed by atoms with Crippen LogP contribution >= 0.6 is 0 Å².